The summed E-state index contributed by atoms with van der Waals surface area (Å²) in [5, 5.41) is 9.00. The number of oxazole rings is 1. The smallest absolute Gasteiger partial charge is 0.357 e. The highest BCUT2D eigenvalue weighted by atomic mass is 16.5. The van der Waals surface area contributed by atoms with Gasteiger partial charge in [0.05, 0.1) is 18.2 Å². The van der Waals surface area contributed by atoms with Gasteiger partial charge in [-0.3, -0.25) is 4.90 Å². The number of fused-ring (bicyclic) bond motifs is 1. The minimum Gasteiger partial charge on any atom is -0.476 e. The topological polar surface area (TPSA) is 85.0 Å². The molecule has 3 aliphatic rings. The maximum atomic E-state index is 11.0. The fourth-order valence-corrected chi connectivity index (χ4v) is 4.31. The van der Waals surface area contributed by atoms with E-state index in [-0.39, 0.29) is 23.4 Å². The van der Waals surface area contributed by atoms with E-state index in [1.165, 1.54) is 19.1 Å². The molecule has 0 unspecified atom stereocenters. The molecule has 0 bridgehead atoms. The second-order valence-electron chi connectivity index (χ2n) is 7.61. The van der Waals surface area contributed by atoms with E-state index in [0.29, 0.717) is 12.4 Å². The molecule has 1 aliphatic heterocycles. The third-order valence-electron chi connectivity index (χ3n) is 6.03. The Morgan fingerprint density at radius 2 is 2.28 bits per heavy atom. The number of ether oxygens (including phenoxy) is 2. The van der Waals surface area contributed by atoms with Crippen LogP contribution >= 0.6 is 0 Å². The van der Waals surface area contributed by atoms with Crippen molar-refractivity contribution >= 4 is 5.97 Å². The van der Waals surface area contributed by atoms with Crippen LogP contribution in [-0.4, -0.2) is 59.0 Å². The SMILES string of the molecule is CO[C@]12CC[C@@H](OCC3CC3)C[C@H]1N(Cc1nc(C(=O)O)co1)CC2. The van der Waals surface area contributed by atoms with Gasteiger partial charge in [-0.25, -0.2) is 9.78 Å². The molecule has 0 spiro atoms. The number of hydrogen-bond donors (Lipinski definition) is 1. The van der Waals surface area contributed by atoms with Gasteiger partial charge in [-0.1, -0.05) is 0 Å². The van der Waals surface area contributed by atoms with E-state index in [1.54, 1.807) is 7.11 Å². The molecule has 2 heterocycles. The molecule has 2 saturated carbocycles. The summed E-state index contributed by atoms with van der Waals surface area (Å²) in [7, 11) is 1.80. The van der Waals surface area contributed by atoms with E-state index in [9.17, 15) is 4.79 Å². The zero-order chi connectivity index (χ0) is 17.4. The predicted octanol–water partition coefficient (Wildman–Crippen LogP) is 2.31. The standard InChI is InChI=1S/C18H26N2O5/c1-23-18-5-4-13(24-10-12-2-3-12)8-15(18)20(7-6-18)9-16-19-14(11-25-16)17(21)22/h11-13,15H,2-10H2,1H3,(H,21,22)/t13-,15-,18+/m1/s1. The lowest BCUT2D eigenvalue weighted by molar-refractivity contribution is -0.103. The Morgan fingerprint density at radius 3 is 2.96 bits per heavy atom. The highest BCUT2D eigenvalue weighted by Gasteiger charge is 2.51. The van der Waals surface area contributed by atoms with E-state index >= 15 is 0 Å². The highest BCUT2D eigenvalue weighted by Crippen LogP contribution is 2.44. The molecule has 3 atom stereocenters. The van der Waals surface area contributed by atoms with E-state index in [0.717, 1.165) is 44.8 Å². The van der Waals surface area contributed by atoms with Crippen LogP contribution in [0.3, 0.4) is 0 Å². The Labute approximate surface area is 147 Å². The Hall–Kier alpha value is -1.44. The minimum absolute atomic E-state index is 0.0403. The van der Waals surface area contributed by atoms with Crippen LogP contribution in [-0.2, 0) is 16.0 Å². The van der Waals surface area contributed by atoms with Gasteiger partial charge in [0.1, 0.15) is 6.26 Å². The van der Waals surface area contributed by atoms with Gasteiger partial charge in [0, 0.05) is 26.3 Å². The molecular formula is C18H26N2O5. The van der Waals surface area contributed by atoms with Crippen LogP contribution in [0.5, 0.6) is 0 Å². The van der Waals surface area contributed by atoms with Gasteiger partial charge >= 0.3 is 5.97 Å². The van der Waals surface area contributed by atoms with Gasteiger partial charge in [-0.2, -0.15) is 0 Å². The van der Waals surface area contributed by atoms with E-state index < -0.39 is 5.97 Å². The third kappa shape index (κ3) is 3.45. The number of likely N-dealkylation sites (tertiary alicyclic amines) is 1. The lowest BCUT2D eigenvalue weighted by Crippen LogP contribution is -2.51. The summed E-state index contributed by atoms with van der Waals surface area (Å²) in [4.78, 5) is 17.4. The molecule has 4 rings (SSSR count). The Bertz CT molecular complexity index is 629. The number of nitrogens with zero attached hydrogens (tertiary/aromatic N) is 2. The van der Waals surface area contributed by atoms with Crippen molar-refractivity contribution in [2.45, 2.75) is 62.8 Å². The second kappa shape index (κ2) is 6.70. The first-order valence-electron chi connectivity index (χ1n) is 9.18. The molecule has 25 heavy (non-hydrogen) atoms. The number of carboxylic acids is 1. The number of rotatable bonds is 7. The molecule has 3 fully saturated rings. The molecular weight excluding hydrogens is 324 g/mol. The molecule has 138 valence electrons. The summed E-state index contributed by atoms with van der Waals surface area (Å²) in [5.74, 6) is 0.162. The van der Waals surface area contributed by atoms with Crippen molar-refractivity contribution in [1.29, 1.82) is 0 Å². The largest absolute Gasteiger partial charge is 0.476 e. The van der Waals surface area contributed by atoms with Crippen LogP contribution in [0.25, 0.3) is 0 Å². The van der Waals surface area contributed by atoms with Gasteiger partial charge < -0.3 is 19.0 Å². The molecule has 7 heteroatoms. The van der Waals surface area contributed by atoms with E-state index in [2.05, 4.69) is 9.88 Å². The second-order valence-corrected chi connectivity index (χ2v) is 7.61. The van der Waals surface area contributed by atoms with Crippen molar-refractivity contribution in [3.05, 3.63) is 17.8 Å². The van der Waals surface area contributed by atoms with Crippen LogP contribution in [0.1, 0.15) is 54.9 Å². The van der Waals surface area contributed by atoms with Crippen LogP contribution < -0.4 is 0 Å². The first kappa shape index (κ1) is 17.0. The number of methoxy groups -OCH3 is 1. The molecule has 2 aliphatic carbocycles. The molecule has 7 nitrogen and oxygen atoms in total. The zero-order valence-electron chi connectivity index (χ0n) is 14.6. The Balaban J connectivity index is 1.43. The Kier molecular flexibility index (Phi) is 4.56. The van der Waals surface area contributed by atoms with Gasteiger partial charge in [-0.05, 0) is 44.4 Å². The average Bonchev–Trinajstić information content (AvgIpc) is 3.21. The number of hydrogen-bond acceptors (Lipinski definition) is 6. The fraction of sp³-hybridized carbons (Fsp3) is 0.778. The fourth-order valence-electron chi connectivity index (χ4n) is 4.31. The van der Waals surface area contributed by atoms with Crippen molar-refractivity contribution in [2.75, 3.05) is 20.3 Å². The summed E-state index contributed by atoms with van der Waals surface area (Å²) in [6, 6.07) is 0.260. The van der Waals surface area contributed by atoms with Crippen LogP contribution in [0, 0.1) is 5.92 Å². The quantitative estimate of drug-likeness (QED) is 0.807. The first-order valence-corrected chi connectivity index (χ1v) is 9.18. The van der Waals surface area contributed by atoms with Crippen molar-refractivity contribution in [3.63, 3.8) is 0 Å². The highest BCUT2D eigenvalue weighted by molar-refractivity contribution is 5.84. The number of aromatic nitrogens is 1. The molecule has 0 amide bonds. The van der Waals surface area contributed by atoms with E-state index in [4.69, 9.17) is 19.0 Å². The molecule has 0 radical (unpaired) electrons. The van der Waals surface area contributed by atoms with Crippen LogP contribution in [0.15, 0.2) is 10.7 Å². The number of carboxylic acid groups (broad SMARTS) is 1. The van der Waals surface area contributed by atoms with Crippen molar-refractivity contribution < 1.29 is 23.8 Å². The minimum atomic E-state index is -1.06. The maximum Gasteiger partial charge on any atom is 0.357 e. The van der Waals surface area contributed by atoms with Gasteiger partial charge in [0.2, 0.25) is 5.89 Å². The average molecular weight is 350 g/mol. The molecule has 0 aromatic carbocycles. The summed E-state index contributed by atoms with van der Waals surface area (Å²) < 4.78 is 17.4. The van der Waals surface area contributed by atoms with E-state index in [1.807, 2.05) is 0 Å². The predicted molar refractivity (Wildman–Crippen MR) is 88.3 cm³/mol. The van der Waals surface area contributed by atoms with Crippen LogP contribution in [0.4, 0.5) is 0 Å². The monoisotopic (exact) mass is 350 g/mol. The normalized spacial score (nSPS) is 32.7. The molecule has 1 aromatic heterocycles. The molecule has 1 saturated heterocycles. The summed E-state index contributed by atoms with van der Waals surface area (Å²) >= 11 is 0. The van der Waals surface area contributed by atoms with Crippen molar-refractivity contribution in [3.8, 4) is 0 Å². The van der Waals surface area contributed by atoms with Gasteiger partial charge in [-0.15, -0.1) is 0 Å². The lowest BCUT2D eigenvalue weighted by Gasteiger charge is -2.43. The lowest BCUT2D eigenvalue weighted by atomic mass is 9.79. The number of carbonyl (C=O) groups is 1. The van der Waals surface area contributed by atoms with Crippen LogP contribution in [0.2, 0.25) is 0 Å². The van der Waals surface area contributed by atoms with Gasteiger partial charge in [0.25, 0.3) is 0 Å². The summed E-state index contributed by atoms with van der Waals surface area (Å²) in [6.07, 6.45) is 8.09. The van der Waals surface area contributed by atoms with Crippen molar-refractivity contribution in [1.82, 2.24) is 9.88 Å². The number of aromatic carboxylic acids is 1. The Morgan fingerprint density at radius 1 is 1.44 bits per heavy atom. The molecule has 1 N–H and O–H groups in total. The zero-order valence-corrected chi connectivity index (χ0v) is 14.6. The first-order chi connectivity index (χ1) is 12.1. The summed E-state index contributed by atoms with van der Waals surface area (Å²) in [5.41, 5.74) is -0.164. The molecule has 1 aromatic rings. The van der Waals surface area contributed by atoms with Gasteiger partial charge in [0.15, 0.2) is 5.69 Å². The third-order valence-corrected chi connectivity index (χ3v) is 6.03. The maximum absolute atomic E-state index is 11.0. The van der Waals surface area contributed by atoms with Crippen molar-refractivity contribution in [2.24, 2.45) is 5.92 Å². The summed E-state index contributed by atoms with van der Waals surface area (Å²) in [6.45, 7) is 2.30.